The number of carbonyl (C=O) groups is 2. The fourth-order valence-corrected chi connectivity index (χ4v) is 5.78. The number of carbonyl (C=O) groups excluding carboxylic acids is 1. The molecule has 9 nitrogen and oxygen atoms in total. The summed E-state index contributed by atoms with van der Waals surface area (Å²) in [7, 11) is 0. The van der Waals surface area contributed by atoms with Gasteiger partial charge >= 0.3 is 5.97 Å². The lowest BCUT2D eigenvalue weighted by Gasteiger charge is -2.28. The number of ether oxygens (including phenoxy) is 2. The highest BCUT2D eigenvalue weighted by atomic mass is 19.1. The fraction of sp³-hybridized carbons (Fsp3) is 0.429. The van der Waals surface area contributed by atoms with Crippen molar-refractivity contribution < 1.29 is 28.6 Å². The van der Waals surface area contributed by atoms with E-state index in [0.29, 0.717) is 42.2 Å². The standard InChI is InChI=1S/C35H41FN4O5/c1-7-8-10-22-12-14-23(15-13-22)19-37-33(41)27-18-28-38-21(3)29(32(34(42)43)45-35(4,5)6)30(40(28)39-27)25-17-26(36)31-24(20(25)2)11-9-16-44-31/h12-15,17-18,32H,7-11,16,19H2,1-6H3,(H,37,41)(H,42,43)/t32-/m0/s1. The Morgan fingerprint density at radius 1 is 1.16 bits per heavy atom. The van der Waals surface area contributed by atoms with Gasteiger partial charge in [0.25, 0.3) is 5.91 Å². The molecule has 2 N–H and O–H groups in total. The smallest absolute Gasteiger partial charge is 0.337 e. The lowest BCUT2D eigenvalue weighted by atomic mass is 9.91. The largest absolute Gasteiger partial charge is 0.490 e. The van der Waals surface area contributed by atoms with Crippen LogP contribution in [0.25, 0.3) is 16.9 Å². The van der Waals surface area contributed by atoms with Crippen LogP contribution in [0.15, 0.2) is 36.4 Å². The number of aliphatic carboxylic acids is 1. The molecule has 1 aliphatic rings. The van der Waals surface area contributed by atoms with Crippen molar-refractivity contribution in [2.24, 2.45) is 0 Å². The number of nitrogens with zero attached hydrogens (tertiary/aromatic N) is 3. The van der Waals surface area contributed by atoms with E-state index >= 15 is 4.39 Å². The van der Waals surface area contributed by atoms with Gasteiger partial charge in [-0.15, -0.1) is 0 Å². The molecule has 0 bridgehead atoms. The number of hydrogen-bond acceptors (Lipinski definition) is 6. The van der Waals surface area contributed by atoms with E-state index in [4.69, 9.17) is 9.47 Å². The van der Waals surface area contributed by atoms with Crippen LogP contribution < -0.4 is 10.1 Å². The van der Waals surface area contributed by atoms with Crippen LogP contribution in [0.2, 0.25) is 0 Å². The molecule has 0 fully saturated rings. The van der Waals surface area contributed by atoms with Gasteiger partial charge < -0.3 is 19.9 Å². The summed E-state index contributed by atoms with van der Waals surface area (Å²) in [4.78, 5) is 30.7. The topological polar surface area (TPSA) is 115 Å². The van der Waals surface area contributed by atoms with E-state index in [1.165, 1.54) is 16.1 Å². The number of aromatic nitrogens is 3. The van der Waals surface area contributed by atoms with Crippen LogP contribution in [0.5, 0.6) is 5.75 Å². The first-order chi connectivity index (χ1) is 21.4. The Morgan fingerprint density at radius 2 is 1.87 bits per heavy atom. The Labute approximate surface area is 262 Å². The summed E-state index contributed by atoms with van der Waals surface area (Å²) in [6.45, 7) is 11.7. The number of unbranched alkanes of at least 4 members (excludes halogenated alkanes) is 1. The molecule has 10 heteroatoms. The van der Waals surface area contributed by atoms with Crippen molar-refractivity contribution >= 4 is 17.5 Å². The SMILES string of the molecule is CCCCc1ccc(CNC(=O)c2cc3nc(C)c([C@H](OC(C)(C)C)C(=O)O)c(-c4cc(F)c5c(c4C)CCCO5)n3n2)cc1. The average Bonchev–Trinajstić information content (AvgIpc) is 3.43. The first-order valence-corrected chi connectivity index (χ1v) is 15.5. The number of nitrogens with one attached hydrogen (secondary N) is 1. The van der Waals surface area contributed by atoms with E-state index in [2.05, 4.69) is 34.5 Å². The van der Waals surface area contributed by atoms with Crippen LogP contribution >= 0.6 is 0 Å². The molecule has 1 atom stereocenters. The second-order valence-corrected chi connectivity index (χ2v) is 12.6. The molecule has 0 spiro atoms. The van der Waals surface area contributed by atoms with E-state index in [9.17, 15) is 14.7 Å². The first-order valence-electron chi connectivity index (χ1n) is 15.5. The molecule has 0 unspecified atom stereocenters. The minimum Gasteiger partial charge on any atom is -0.490 e. The fourth-order valence-electron chi connectivity index (χ4n) is 5.78. The Kier molecular flexibility index (Phi) is 9.25. The zero-order chi connectivity index (χ0) is 32.5. The molecular formula is C35H41FN4O5. The minimum atomic E-state index is -1.44. The lowest BCUT2D eigenvalue weighted by Crippen LogP contribution is -2.29. The van der Waals surface area contributed by atoms with Gasteiger partial charge in [0.05, 0.1) is 17.9 Å². The van der Waals surface area contributed by atoms with Gasteiger partial charge in [-0.25, -0.2) is 18.7 Å². The van der Waals surface area contributed by atoms with Gasteiger partial charge in [-0.3, -0.25) is 4.79 Å². The van der Waals surface area contributed by atoms with Crippen LogP contribution in [0, 0.1) is 19.7 Å². The number of fused-ring (bicyclic) bond motifs is 2. The maximum Gasteiger partial charge on any atom is 0.337 e. The number of hydrogen-bond donors (Lipinski definition) is 2. The first kappa shape index (κ1) is 32.1. The molecule has 5 rings (SSSR count). The molecular weight excluding hydrogens is 575 g/mol. The zero-order valence-electron chi connectivity index (χ0n) is 26.8. The van der Waals surface area contributed by atoms with Crippen LogP contribution in [0.3, 0.4) is 0 Å². The molecule has 4 aromatic rings. The van der Waals surface area contributed by atoms with E-state index in [0.717, 1.165) is 42.4 Å². The Bertz CT molecular complexity index is 1740. The molecule has 1 aliphatic heterocycles. The quantitative estimate of drug-likeness (QED) is 0.204. The second-order valence-electron chi connectivity index (χ2n) is 12.6. The zero-order valence-corrected chi connectivity index (χ0v) is 26.8. The molecule has 0 saturated heterocycles. The van der Waals surface area contributed by atoms with Crippen molar-refractivity contribution in [3.8, 4) is 17.0 Å². The number of carboxylic acid groups (broad SMARTS) is 1. The molecule has 3 heterocycles. The summed E-state index contributed by atoms with van der Waals surface area (Å²) in [6.07, 6.45) is 3.18. The predicted molar refractivity (Wildman–Crippen MR) is 169 cm³/mol. The van der Waals surface area contributed by atoms with Gasteiger partial charge in [-0.05, 0) is 83.1 Å². The highest BCUT2D eigenvalue weighted by Gasteiger charge is 2.35. The summed E-state index contributed by atoms with van der Waals surface area (Å²) >= 11 is 0. The van der Waals surface area contributed by atoms with Gasteiger partial charge in [0.15, 0.2) is 29.0 Å². The number of benzene rings is 2. The molecule has 238 valence electrons. The second kappa shape index (κ2) is 13.0. The van der Waals surface area contributed by atoms with Crippen LogP contribution in [-0.2, 0) is 28.9 Å². The predicted octanol–water partition coefficient (Wildman–Crippen LogP) is 6.69. The van der Waals surface area contributed by atoms with E-state index in [-0.39, 0.29) is 17.0 Å². The van der Waals surface area contributed by atoms with E-state index in [1.807, 2.05) is 19.1 Å². The summed E-state index contributed by atoms with van der Waals surface area (Å²) in [5, 5.41) is 17.9. The highest BCUT2D eigenvalue weighted by molar-refractivity contribution is 5.93. The lowest BCUT2D eigenvalue weighted by molar-refractivity contribution is -0.160. The third-order valence-corrected chi connectivity index (χ3v) is 8.01. The highest BCUT2D eigenvalue weighted by Crippen LogP contribution is 2.41. The monoisotopic (exact) mass is 616 g/mol. The van der Waals surface area contributed by atoms with Gasteiger partial charge in [0.1, 0.15) is 0 Å². The number of carboxylic acids is 1. The minimum absolute atomic E-state index is 0.0999. The molecule has 0 saturated carbocycles. The van der Waals surface area contributed by atoms with Crippen molar-refractivity contribution in [2.75, 3.05) is 6.61 Å². The van der Waals surface area contributed by atoms with E-state index < -0.39 is 29.4 Å². The van der Waals surface area contributed by atoms with Crippen molar-refractivity contribution in [3.63, 3.8) is 0 Å². The van der Waals surface area contributed by atoms with Gasteiger partial charge in [-0.1, -0.05) is 37.6 Å². The van der Waals surface area contributed by atoms with Crippen LogP contribution in [0.1, 0.15) is 97.1 Å². The van der Waals surface area contributed by atoms with Crippen molar-refractivity contribution in [1.82, 2.24) is 19.9 Å². The Morgan fingerprint density at radius 3 is 2.53 bits per heavy atom. The number of amides is 1. The molecule has 2 aromatic heterocycles. The van der Waals surface area contributed by atoms with Gasteiger partial charge in [0.2, 0.25) is 0 Å². The number of halogens is 1. The van der Waals surface area contributed by atoms with Crippen molar-refractivity contribution in [1.29, 1.82) is 0 Å². The summed E-state index contributed by atoms with van der Waals surface area (Å²) in [5.41, 5.74) is 4.62. The Hall–Kier alpha value is -4.31. The maximum absolute atomic E-state index is 15.6. The normalized spacial score (nSPS) is 13.8. The van der Waals surface area contributed by atoms with Crippen LogP contribution in [0.4, 0.5) is 4.39 Å². The molecule has 45 heavy (non-hydrogen) atoms. The summed E-state index contributed by atoms with van der Waals surface area (Å²) in [5.74, 6) is -1.97. The number of aryl methyl sites for hydroxylation is 2. The molecule has 1 amide bonds. The third-order valence-electron chi connectivity index (χ3n) is 8.01. The van der Waals surface area contributed by atoms with E-state index in [1.54, 1.807) is 33.8 Å². The third kappa shape index (κ3) is 6.86. The van der Waals surface area contributed by atoms with Gasteiger partial charge in [0, 0.05) is 35.0 Å². The number of rotatable bonds is 10. The molecule has 0 radical (unpaired) electrons. The Balaban J connectivity index is 1.61. The summed E-state index contributed by atoms with van der Waals surface area (Å²) in [6, 6.07) is 11.1. The van der Waals surface area contributed by atoms with Gasteiger partial charge in [-0.2, -0.15) is 5.10 Å². The van der Waals surface area contributed by atoms with Crippen molar-refractivity contribution in [2.45, 2.75) is 91.9 Å². The van der Waals surface area contributed by atoms with Crippen LogP contribution in [-0.4, -0.2) is 43.8 Å². The average molecular weight is 617 g/mol. The summed E-state index contributed by atoms with van der Waals surface area (Å²) < 4.78 is 28.7. The molecule has 0 aliphatic carbocycles. The molecule has 2 aromatic carbocycles. The van der Waals surface area contributed by atoms with Crippen molar-refractivity contribution in [3.05, 3.63) is 81.4 Å². The maximum atomic E-state index is 15.6.